The third-order valence-corrected chi connectivity index (χ3v) is 15.2. The van der Waals surface area contributed by atoms with Gasteiger partial charge in [-0.3, -0.25) is 0 Å². The van der Waals surface area contributed by atoms with Gasteiger partial charge in [0.05, 0.1) is 5.69 Å². The smallest absolute Gasteiger partial charge is 0.179 e. The molecule has 0 spiro atoms. The lowest BCUT2D eigenvalue weighted by Crippen LogP contribution is -2.74. The SMILES string of the molecule is c1ccc(C2=NN(c3c(-c4ccccc4)cccc3-c3ccccc3)CN2c2cccc([Si](c3ccccc3)(c3ccccc3)c3ccccc3)c2)cc1. The molecule has 9 rings (SSSR count). The highest BCUT2D eigenvalue weighted by Crippen LogP contribution is 2.41. The molecule has 0 aliphatic carbocycles. The zero-order chi connectivity index (χ0) is 36.2. The van der Waals surface area contributed by atoms with Crippen molar-refractivity contribution >= 4 is 46.0 Å². The van der Waals surface area contributed by atoms with Crippen LogP contribution >= 0.6 is 0 Å². The van der Waals surface area contributed by atoms with Crippen molar-refractivity contribution < 1.29 is 0 Å². The molecule has 8 aromatic rings. The van der Waals surface area contributed by atoms with Crippen LogP contribution in [-0.2, 0) is 0 Å². The van der Waals surface area contributed by atoms with Gasteiger partial charge in [0.2, 0.25) is 0 Å². The molecule has 8 aromatic carbocycles. The molecule has 0 atom stereocenters. The van der Waals surface area contributed by atoms with Crippen LogP contribution in [0.1, 0.15) is 5.56 Å². The molecule has 1 heterocycles. The molecule has 0 radical (unpaired) electrons. The van der Waals surface area contributed by atoms with Crippen molar-refractivity contribution in [2.75, 3.05) is 16.6 Å². The van der Waals surface area contributed by atoms with Crippen LogP contribution in [0, 0.1) is 0 Å². The quantitative estimate of drug-likeness (QED) is 0.110. The summed E-state index contributed by atoms with van der Waals surface area (Å²) < 4.78 is 0. The highest BCUT2D eigenvalue weighted by atomic mass is 28.3. The molecule has 4 heteroatoms. The molecule has 1 aliphatic rings. The normalized spacial score (nSPS) is 12.8. The molecule has 3 nitrogen and oxygen atoms in total. The first-order valence-electron chi connectivity index (χ1n) is 18.5. The maximum atomic E-state index is 5.51. The number of para-hydroxylation sites is 1. The van der Waals surface area contributed by atoms with Gasteiger partial charge in [0, 0.05) is 22.4 Å². The lowest BCUT2D eigenvalue weighted by Gasteiger charge is -2.35. The minimum atomic E-state index is -2.75. The average molecular weight is 710 g/mol. The third-order valence-electron chi connectivity index (χ3n) is 10.5. The number of benzene rings is 8. The summed E-state index contributed by atoms with van der Waals surface area (Å²) in [4.78, 5) is 2.38. The molecular formula is C50H39N3Si. The lowest BCUT2D eigenvalue weighted by atomic mass is 9.95. The van der Waals surface area contributed by atoms with E-state index in [-0.39, 0.29) is 0 Å². The summed E-state index contributed by atoms with van der Waals surface area (Å²) in [6.07, 6.45) is 0. The van der Waals surface area contributed by atoms with E-state index in [0.29, 0.717) is 6.67 Å². The van der Waals surface area contributed by atoms with Gasteiger partial charge in [-0.25, -0.2) is 5.01 Å². The maximum Gasteiger partial charge on any atom is 0.179 e. The van der Waals surface area contributed by atoms with Crippen LogP contribution in [0.4, 0.5) is 11.4 Å². The summed E-state index contributed by atoms with van der Waals surface area (Å²) in [5.41, 5.74) is 7.87. The van der Waals surface area contributed by atoms with Crippen LogP contribution in [0.5, 0.6) is 0 Å². The average Bonchev–Trinajstić information content (AvgIpc) is 3.71. The minimum Gasteiger partial charge on any atom is -0.304 e. The second-order valence-electron chi connectivity index (χ2n) is 13.6. The van der Waals surface area contributed by atoms with E-state index in [1.54, 1.807) is 0 Å². The minimum absolute atomic E-state index is 0.550. The van der Waals surface area contributed by atoms with Crippen molar-refractivity contribution in [2.45, 2.75) is 0 Å². The van der Waals surface area contributed by atoms with E-state index in [1.807, 2.05) is 0 Å². The van der Waals surface area contributed by atoms with Gasteiger partial charge >= 0.3 is 0 Å². The summed E-state index contributed by atoms with van der Waals surface area (Å²) in [5, 5.41) is 13.1. The van der Waals surface area contributed by atoms with Crippen molar-refractivity contribution in [3.8, 4) is 22.3 Å². The first kappa shape index (κ1) is 33.1. The Morgan fingerprint density at radius 2 is 0.759 bits per heavy atom. The summed E-state index contributed by atoms with van der Waals surface area (Å²) in [6, 6.07) is 81.1. The Morgan fingerprint density at radius 3 is 1.22 bits per heavy atom. The number of rotatable bonds is 9. The molecule has 54 heavy (non-hydrogen) atoms. The van der Waals surface area contributed by atoms with Crippen LogP contribution < -0.4 is 30.7 Å². The molecule has 0 saturated heterocycles. The topological polar surface area (TPSA) is 18.8 Å². The monoisotopic (exact) mass is 709 g/mol. The Kier molecular flexibility index (Phi) is 9.01. The predicted octanol–water partition coefficient (Wildman–Crippen LogP) is 9.04. The first-order valence-corrected chi connectivity index (χ1v) is 20.5. The zero-order valence-corrected chi connectivity index (χ0v) is 30.9. The van der Waals surface area contributed by atoms with Gasteiger partial charge in [0.15, 0.2) is 13.9 Å². The van der Waals surface area contributed by atoms with Gasteiger partial charge < -0.3 is 4.90 Å². The van der Waals surface area contributed by atoms with Gasteiger partial charge in [-0.2, -0.15) is 5.10 Å². The van der Waals surface area contributed by atoms with Crippen LogP contribution in [0.3, 0.4) is 0 Å². The van der Waals surface area contributed by atoms with Gasteiger partial charge in [-0.1, -0.05) is 212 Å². The van der Waals surface area contributed by atoms with E-state index in [4.69, 9.17) is 5.10 Å². The van der Waals surface area contributed by atoms with Crippen LogP contribution in [0.25, 0.3) is 22.3 Å². The predicted molar refractivity (Wildman–Crippen MR) is 230 cm³/mol. The van der Waals surface area contributed by atoms with Gasteiger partial charge in [-0.05, 0) is 44.0 Å². The largest absolute Gasteiger partial charge is 0.304 e. The molecule has 0 fully saturated rings. The highest BCUT2D eigenvalue weighted by Gasteiger charge is 2.42. The Hall–Kier alpha value is -6.75. The molecule has 0 bridgehead atoms. The number of nitrogens with zero attached hydrogens (tertiary/aromatic N) is 3. The fourth-order valence-corrected chi connectivity index (χ4v) is 12.8. The second-order valence-corrected chi connectivity index (χ2v) is 17.4. The molecule has 0 amide bonds. The van der Waals surface area contributed by atoms with Crippen molar-refractivity contribution in [1.29, 1.82) is 0 Å². The summed E-state index contributed by atoms with van der Waals surface area (Å²) in [7, 11) is -2.75. The van der Waals surface area contributed by atoms with Crippen LogP contribution in [0.2, 0.25) is 0 Å². The molecule has 0 N–H and O–H groups in total. The van der Waals surface area contributed by atoms with E-state index in [0.717, 1.165) is 45.0 Å². The van der Waals surface area contributed by atoms with Crippen LogP contribution in [0.15, 0.2) is 230 Å². The lowest BCUT2D eigenvalue weighted by molar-refractivity contribution is 0.914. The number of anilines is 2. The van der Waals surface area contributed by atoms with Crippen molar-refractivity contribution in [3.63, 3.8) is 0 Å². The highest BCUT2D eigenvalue weighted by molar-refractivity contribution is 7.19. The Labute approximate surface area is 318 Å². The van der Waals surface area contributed by atoms with Crippen LogP contribution in [-0.4, -0.2) is 20.6 Å². The molecule has 0 aromatic heterocycles. The fourth-order valence-electron chi connectivity index (χ4n) is 8.02. The summed E-state index contributed by atoms with van der Waals surface area (Å²) >= 11 is 0. The maximum absolute atomic E-state index is 5.51. The Morgan fingerprint density at radius 1 is 0.370 bits per heavy atom. The second kappa shape index (κ2) is 14.7. The Balaban J connectivity index is 1.24. The van der Waals surface area contributed by atoms with Gasteiger partial charge in [0.1, 0.15) is 6.67 Å². The van der Waals surface area contributed by atoms with Crippen molar-refractivity contribution in [3.05, 3.63) is 230 Å². The van der Waals surface area contributed by atoms with Gasteiger partial charge in [-0.15, -0.1) is 0 Å². The molecule has 1 aliphatic heterocycles. The van der Waals surface area contributed by atoms with E-state index in [2.05, 4.69) is 234 Å². The van der Waals surface area contributed by atoms with E-state index in [1.165, 1.54) is 20.7 Å². The standard InChI is InChI=1S/C50H39N3Si/c1-7-21-39(22-8-1)47-35-20-36-48(40-23-9-2-10-24-40)49(47)53-38-52(50(51-53)41-25-11-3-12-26-41)42-27-19-34-46(37-42)54(43-28-13-4-14-29-43,44-30-15-5-16-31-44)45-32-17-6-18-33-45/h1-37H,38H2. The van der Waals surface area contributed by atoms with E-state index in [9.17, 15) is 0 Å². The molecule has 0 unspecified atom stereocenters. The summed E-state index contributed by atoms with van der Waals surface area (Å²) in [5.74, 6) is 0.918. The molecule has 0 saturated carbocycles. The summed E-state index contributed by atoms with van der Waals surface area (Å²) in [6.45, 7) is 0.550. The van der Waals surface area contributed by atoms with E-state index >= 15 is 0 Å². The van der Waals surface area contributed by atoms with Crippen molar-refractivity contribution in [2.24, 2.45) is 5.10 Å². The number of amidine groups is 1. The molecule has 258 valence electrons. The first-order chi connectivity index (χ1) is 26.8. The van der Waals surface area contributed by atoms with E-state index < -0.39 is 8.07 Å². The fraction of sp³-hybridized carbons (Fsp3) is 0.0200. The third kappa shape index (κ3) is 6.03. The zero-order valence-electron chi connectivity index (χ0n) is 29.9. The van der Waals surface area contributed by atoms with Crippen molar-refractivity contribution in [1.82, 2.24) is 0 Å². The molecular weight excluding hydrogens is 671 g/mol. The number of hydrogen-bond donors (Lipinski definition) is 0. The number of hydrogen-bond acceptors (Lipinski definition) is 3. The Bertz CT molecular complexity index is 2350. The van der Waals surface area contributed by atoms with Gasteiger partial charge in [0.25, 0.3) is 0 Å². The number of hydrazone groups is 1.